The van der Waals surface area contributed by atoms with Gasteiger partial charge in [0.05, 0.1) is 23.0 Å². The lowest BCUT2D eigenvalue weighted by molar-refractivity contribution is 0.373. The van der Waals surface area contributed by atoms with Gasteiger partial charge in [-0.05, 0) is 68.1 Å². The lowest BCUT2D eigenvalue weighted by Crippen LogP contribution is -2.31. The summed E-state index contributed by atoms with van der Waals surface area (Å²) in [6.07, 6.45) is 6.70. The average molecular weight is 405 g/mol. The zero-order chi connectivity index (χ0) is 20.5. The fourth-order valence-corrected chi connectivity index (χ4v) is 4.15. The monoisotopic (exact) mass is 405 g/mol. The molecule has 2 N–H and O–H groups in total. The van der Waals surface area contributed by atoms with Crippen molar-refractivity contribution in [3.05, 3.63) is 66.1 Å². The van der Waals surface area contributed by atoms with Gasteiger partial charge in [0.2, 0.25) is 0 Å². The van der Waals surface area contributed by atoms with Crippen molar-refractivity contribution in [2.75, 3.05) is 13.1 Å². The maximum Gasteiger partial charge on any atom is 0.133 e. The molecular weight excluding hydrogens is 384 g/mol. The molecule has 7 heteroatoms. The molecule has 152 valence electrons. The number of halogens is 2. The number of aromatic nitrogens is 4. The summed E-state index contributed by atoms with van der Waals surface area (Å²) < 4.78 is 28.5. The Kier molecular flexibility index (Phi) is 4.96. The Labute approximate surface area is 172 Å². The van der Waals surface area contributed by atoms with Gasteiger partial charge < -0.3 is 5.32 Å². The number of nitrogens with one attached hydrogen (secondary N) is 2. The van der Waals surface area contributed by atoms with E-state index in [0.29, 0.717) is 22.9 Å². The molecule has 2 aromatic carbocycles. The number of benzene rings is 2. The molecule has 0 aliphatic carbocycles. The van der Waals surface area contributed by atoms with E-state index in [4.69, 9.17) is 4.98 Å². The smallest absolute Gasteiger partial charge is 0.133 e. The normalized spacial score (nSPS) is 16.8. The zero-order valence-electron chi connectivity index (χ0n) is 16.3. The van der Waals surface area contributed by atoms with Gasteiger partial charge in [-0.2, -0.15) is 5.10 Å². The lowest BCUT2D eigenvalue weighted by atomic mass is 9.95. The highest BCUT2D eigenvalue weighted by molar-refractivity contribution is 5.94. The second kappa shape index (κ2) is 7.91. The van der Waals surface area contributed by atoms with Gasteiger partial charge in [-0.15, -0.1) is 0 Å². The first kappa shape index (κ1) is 18.8. The number of hydrogen-bond acceptors (Lipinski definition) is 4. The predicted molar refractivity (Wildman–Crippen MR) is 112 cm³/mol. The summed E-state index contributed by atoms with van der Waals surface area (Å²) in [5, 5.41) is 11.6. The number of nitrogens with zero attached hydrogens (tertiary/aromatic N) is 3. The number of H-pyrrole nitrogens is 1. The molecule has 1 unspecified atom stereocenters. The van der Waals surface area contributed by atoms with Gasteiger partial charge >= 0.3 is 0 Å². The molecule has 1 fully saturated rings. The second-order valence-corrected chi connectivity index (χ2v) is 7.74. The highest BCUT2D eigenvalue weighted by Gasteiger charge is 2.17. The Bertz CT molecular complexity index is 1180. The van der Waals surface area contributed by atoms with Crippen LogP contribution in [0, 0.1) is 17.6 Å². The molecular formula is C23H21F2N5. The molecule has 0 saturated carbocycles. The SMILES string of the molecule is Fc1cccc(F)c1-c1ccc2[nH]nc(-c3cncc(CC4CCCNC4)n3)c2c1. The molecule has 1 aliphatic heterocycles. The minimum Gasteiger partial charge on any atom is -0.316 e. The van der Waals surface area contributed by atoms with Crippen LogP contribution in [-0.4, -0.2) is 33.3 Å². The van der Waals surface area contributed by atoms with Crippen LogP contribution in [0.5, 0.6) is 0 Å². The molecule has 1 atom stereocenters. The quantitative estimate of drug-likeness (QED) is 0.524. The number of piperidine rings is 1. The van der Waals surface area contributed by atoms with Gasteiger partial charge in [0.25, 0.3) is 0 Å². The fraction of sp³-hybridized carbons (Fsp3) is 0.261. The molecule has 3 heterocycles. The number of rotatable bonds is 4. The van der Waals surface area contributed by atoms with Crippen LogP contribution in [0.15, 0.2) is 48.8 Å². The summed E-state index contributed by atoms with van der Waals surface area (Å²) in [5.74, 6) is -0.639. The lowest BCUT2D eigenvalue weighted by Gasteiger charge is -2.22. The van der Waals surface area contributed by atoms with E-state index in [1.54, 1.807) is 30.6 Å². The largest absolute Gasteiger partial charge is 0.316 e. The molecule has 0 spiro atoms. The van der Waals surface area contributed by atoms with Crippen molar-refractivity contribution in [2.45, 2.75) is 19.3 Å². The third-order valence-corrected chi connectivity index (χ3v) is 5.64. The first-order valence-electron chi connectivity index (χ1n) is 10.1. The Balaban J connectivity index is 1.53. The minimum absolute atomic E-state index is 0.0452. The van der Waals surface area contributed by atoms with E-state index in [1.807, 2.05) is 0 Å². The molecule has 1 saturated heterocycles. The number of fused-ring (bicyclic) bond motifs is 1. The second-order valence-electron chi connectivity index (χ2n) is 7.74. The van der Waals surface area contributed by atoms with Crippen LogP contribution < -0.4 is 5.32 Å². The van der Waals surface area contributed by atoms with E-state index in [0.717, 1.165) is 36.1 Å². The number of hydrogen-bond donors (Lipinski definition) is 2. The minimum atomic E-state index is -0.595. The highest BCUT2D eigenvalue weighted by Crippen LogP contribution is 2.32. The van der Waals surface area contributed by atoms with Crippen molar-refractivity contribution in [3.63, 3.8) is 0 Å². The van der Waals surface area contributed by atoms with Gasteiger partial charge in [-0.3, -0.25) is 10.1 Å². The summed E-state index contributed by atoms with van der Waals surface area (Å²) in [7, 11) is 0. The summed E-state index contributed by atoms with van der Waals surface area (Å²) in [5.41, 5.74) is 3.38. The van der Waals surface area contributed by atoms with Gasteiger partial charge in [0.15, 0.2) is 0 Å². The third-order valence-electron chi connectivity index (χ3n) is 5.64. The van der Waals surface area contributed by atoms with Gasteiger partial charge in [0, 0.05) is 11.6 Å². The molecule has 5 nitrogen and oxygen atoms in total. The van der Waals surface area contributed by atoms with Crippen LogP contribution in [0.2, 0.25) is 0 Å². The summed E-state index contributed by atoms with van der Waals surface area (Å²) in [6.45, 7) is 2.07. The van der Waals surface area contributed by atoms with Gasteiger partial charge in [-0.25, -0.2) is 13.8 Å². The molecule has 0 bridgehead atoms. The van der Waals surface area contributed by atoms with Crippen LogP contribution >= 0.6 is 0 Å². The van der Waals surface area contributed by atoms with Crippen LogP contribution in [-0.2, 0) is 6.42 Å². The first-order valence-corrected chi connectivity index (χ1v) is 10.1. The molecule has 0 amide bonds. The summed E-state index contributed by atoms with van der Waals surface area (Å²) >= 11 is 0. The van der Waals surface area contributed by atoms with E-state index in [-0.39, 0.29) is 5.56 Å². The van der Waals surface area contributed by atoms with Crippen LogP contribution in [0.1, 0.15) is 18.5 Å². The van der Waals surface area contributed by atoms with E-state index < -0.39 is 11.6 Å². The Morgan fingerprint density at radius 1 is 1.07 bits per heavy atom. The Morgan fingerprint density at radius 3 is 2.73 bits per heavy atom. The highest BCUT2D eigenvalue weighted by atomic mass is 19.1. The molecule has 30 heavy (non-hydrogen) atoms. The number of aromatic amines is 1. The van der Waals surface area contributed by atoms with Gasteiger partial charge in [-0.1, -0.05) is 12.1 Å². The van der Waals surface area contributed by atoms with Crippen molar-refractivity contribution in [1.82, 2.24) is 25.5 Å². The predicted octanol–water partition coefficient (Wildman–Crippen LogP) is 4.51. The average Bonchev–Trinajstić information content (AvgIpc) is 3.18. The van der Waals surface area contributed by atoms with E-state index >= 15 is 0 Å². The van der Waals surface area contributed by atoms with E-state index in [9.17, 15) is 8.78 Å². The van der Waals surface area contributed by atoms with Crippen molar-refractivity contribution in [2.24, 2.45) is 5.92 Å². The molecule has 4 aromatic rings. The van der Waals surface area contributed by atoms with Crippen molar-refractivity contribution in [3.8, 4) is 22.5 Å². The van der Waals surface area contributed by atoms with Crippen molar-refractivity contribution >= 4 is 10.9 Å². The topological polar surface area (TPSA) is 66.5 Å². The molecule has 1 aliphatic rings. The van der Waals surface area contributed by atoms with E-state index in [1.165, 1.54) is 31.0 Å². The van der Waals surface area contributed by atoms with Crippen molar-refractivity contribution < 1.29 is 8.78 Å². The molecule has 5 rings (SSSR count). The summed E-state index contributed by atoms with van der Waals surface area (Å²) in [4.78, 5) is 9.14. The fourth-order valence-electron chi connectivity index (χ4n) is 4.15. The molecule has 0 radical (unpaired) electrons. The van der Waals surface area contributed by atoms with Crippen molar-refractivity contribution in [1.29, 1.82) is 0 Å². The Hall–Kier alpha value is -3.19. The third kappa shape index (κ3) is 3.57. The van der Waals surface area contributed by atoms with Crippen LogP contribution in [0.3, 0.4) is 0 Å². The first-order chi connectivity index (χ1) is 14.7. The zero-order valence-corrected chi connectivity index (χ0v) is 16.3. The van der Waals surface area contributed by atoms with Crippen LogP contribution in [0.4, 0.5) is 8.78 Å². The standard InChI is InChI=1S/C23H21F2N5/c24-18-4-1-5-19(25)22(18)15-6-7-20-17(10-15)23(30-29-20)21-13-27-12-16(28-21)9-14-3-2-8-26-11-14/h1,4-7,10,12-14,26H,2-3,8-9,11H2,(H,29,30). The van der Waals surface area contributed by atoms with Gasteiger partial charge in [0.1, 0.15) is 23.0 Å². The Morgan fingerprint density at radius 2 is 1.93 bits per heavy atom. The van der Waals surface area contributed by atoms with Crippen LogP contribution in [0.25, 0.3) is 33.4 Å². The maximum absolute atomic E-state index is 14.3. The van der Waals surface area contributed by atoms with E-state index in [2.05, 4.69) is 20.5 Å². The summed E-state index contributed by atoms with van der Waals surface area (Å²) in [6, 6.07) is 9.08. The maximum atomic E-state index is 14.3. The molecule has 2 aromatic heterocycles.